The number of hydrogen-bond donors (Lipinski definition) is 1. The van der Waals surface area contributed by atoms with E-state index in [4.69, 9.17) is 4.74 Å². The maximum absolute atomic E-state index is 12.6. The SMILES string of the molecule is Cc1cccc(C)c1NC(=O)c1cccc(OCc2ccccc2)c1. The number of hydrogen-bond acceptors (Lipinski definition) is 2. The highest BCUT2D eigenvalue weighted by Gasteiger charge is 2.10. The summed E-state index contributed by atoms with van der Waals surface area (Å²) in [6.07, 6.45) is 0. The average Bonchev–Trinajstić information content (AvgIpc) is 2.64. The molecular formula is C22H21NO2. The van der Waals surface area contributed by atoms with Gasteiger partial charge in [0.15, 0.2) is 0 Å². The lowest BCUT2D eigenvalue weighted by Crippen LogP contribution is -2.13. The molecule has 3 nitrogen and oxygen atoms in total. The van der Waals surface area contributed by atoms with E-state index in [0.717, 1.165) is 22.4 Å². The van der Waals surface area contributed by atoms with Crippen molar-refractivity contribution in [1.29, 1.82) is 0 Å². The van der Waals surface area contributed by atoms with E-state index in [9.17, 15) is 4.79 Å². The van der Waals surface area contributed by atoms with E-state index in [2.05, 4.69) is 5.32 Å². The Morgan fingerprint density at radius 2 is 1.56 bits per heavy atom. The second kappa shape index (κ2) is 7.67. The zero-order valence-corrected chi connectivity index (χ0v) is 14.5. The van der Waals surface area contributed by atoms with Gasteiger partial charge in [-0.3, -0.25) is 4.79 Å². The minimum atomic E-state index is -0.137. The van der Waals surface area contributed by atoms with E-state index >= 15 is 0 Å². The van der Waals surface area contributed by atoms with E-state index in [1.54, 1.807) is 12.1 Å². The predicted octanol–water partition coefficient (Wildman–Crippen LogP) is 5.13. The van der Waals surface area contributed by atoms with E-state index in [-0.39, 0.29) is 5.91 Å². The highest BCUT2D eigenvalue weighted by molar-refractivity contribution is 6.05. The van der Waals surface area contributed by atoms with Crippen LogP contribution in [0.25, 0.3) is 0 Å². The summed E-state index contributed by atoms with van der Waals surface area (Å²) < 4.78 is 5.80. The first-order valence-corrected chi connectivity index (χ1v) is 8.28. The number of anilines is 1. The number of aryl methyl sites for hydroxylation is 2. The Balaban J connectivity index is 1.71. The Kier molecular flexibility index (Phi) is 5.14. The third kappa shape index (κ3) is 4.27. The second-order valence-corrected chi connectivity index (χ2v) is 6.02. The average molecular weight is 331 g/mol. The van der Waals surface area contributed by atoms with Crippen molar-refractivity contribution in [1.82, 2.24) is 0 Å². The minimum absolute atomic E-state index is 0.137. The van der Waals surface area contributed by atoms with Crippen LogP contribution in [0.4, 0.5) is 5.69 Å². The number of carbonyl (C=O) groups excluding carboxylic acids is 1. The number of para-hydroxylation sites is 1. The first-order valence-electron chi connectivity index (χ1n) is 8.28. The van der Waals surface area contributed by atoms with Crippen LogP contribution in [0.3, 0.4) is 0 Å². The number of amides is 1. The van der Waals surface area contributed by atoms with Crippen LogP contribution < -0.4 is 10.1 Å². The molecule has 25 heavy (non-hydrogen) atoms. The van der Waals surface area contributed by atoms with Gasteiger partial charge in [-0.1, -0.05) is 54.6 Å². The van der Waals surface area contributed by atoms with Crippen molar-refractivity contribution in [2.75, 3.05) is 5.32 Å². The molecule has 3 aromatic carbocycles. The van der Waals surface area contributed by atoms with Gasteiger partial charge in [0.25, 0.3) is 5.91 Å². The van der Waals surface area contributed by atoms with Gasteiger partial charge in [-0.25, -0.2) is 0 Å². The van der Waals surface area contributed by atoms with Gasteiger partial charge in [-0.15, -0.1) is 0 Å². The van der Waals surface area contributed by atoms with Gasteiger partial charge in [-0.2, -0.15) is 0 Å². The largest absolute Gasteiger partial charge is 0.489 e. The molecule has 0 aliphatic carbocycles. The number of benzene rings is 3. The molecule has 3 heteroatoms. The fourth-order valence-corrected chi connectivity index (χ4v) is 2.67. The normalized spacial score (nSPS) is 10.3. The summed E-state index contributed by atoms with van der Waals surface area (Å²) in [5.74, 6) is 0.542. The molecule has 1 N–H and O–H groups in total. The van der Waals surface area contributed by atoms with Crippen molar-refractivity contribution in [3.8, 4) is 5.75 Å². The molecule has 0 atom stereocenters. The first-order chi connectivity index (χ1) is 12.1. The van der Waals surface area contributed by atoms with Crippen molar-refractivity contribution in [2.45, 2.75) is 20.5 Å². The lowest BCUT2D eigenvalue weighted by Gasteiger charge is -2.12. The molecule has 0 radical (unpaired) electrons. The molecule has 0 saturated carbocycles. The second-order valence-electron chi connectivity index (χ2n) is 6.02. The van der Waals surface area contributed by atoms with Crippen LogP contribution in [0.1, 0.15) is 27.0 Å². The van der Waals surface area contributed by atoms with Crippen molar-refractivity contribution in [3.05, 3.63) is 95.1 Å². The molecule has 3 rings (SSSR count). The van der Waals surface area contributed by atoms with Crippen molar-refractivity contribution >= 4 is 11.6 Å². The van der Waals surface area contributed by atoms with Crippen molar-refractivity contribution in [3.63, 3.8) is 0 Å². The summed E-state index contributed by atoms with van der Waals surface area (Å²) in [6.45, 7) is 4.45. The maximum Gasteiger partial charge on any atom is 0.255 e. The molecule has 0 saturated heterocycles. The number of rotatable bonds is 5. The molecule has 0 aliphatic heterocycles. The monoisotopic (exact) mass is 331 g/mol. The van der Waals surface area contributed by atoms with Crippen molar-refractivity contribution < 1.29 is 9.53 Å². The molecule has 0 fully saturated rings. The maximum atomic E-state index is 12.6. The van der Waals surface area contributed by atoms with Crippen LogP contribution in [0.15, 0.2) is 72.8 Å². The number of nitrogens with one attached hydrogen (secondary N) is 1. The summed E-state index contributed by atoms with van der Waals surface area (Å²) in [5.41, 5.74) is 4.62. The Labute approximate surface area is 148 Å². The molecule has 0 heterocycles. The third-order valence-electron chi connectivity index (χ3n) is 4.06. The quantitative estimate of drug-likeness (QED) is 0.703. The van der Waals surface area contributed by atoms with Gasteiger partial charge in [0.1, 0.15) is 12.4 Å². The summed E-state index contributed by atoms with van der Waals surface area (Å²) in [6, 6.07) is 23.2. The van der Waals surface area contributed by atoms with Crippen LogP contribution in [0.5, 0.6) is 5.75 Å². The molecule has 1 amide bonds. The molecular weight excluding hydrogens is 310 g/mol. The van der Waals surface area contributed by atoms with E-state index in [0.29, 0.717) is 17.9 Å². The van der Waals surface area contributed by atoms with Crippen molar-refractivity contribution in [2.24, 2.45) is 0 Å². The summed E-state index contributed by atoms with van der Waals surface area (Å²) >= 11 is 0. The fourth-order valence-electron chi connectivity index (χ4n) is 2.67. The smallest absolute Gasteiger partial charge is 0.255 e. The summed E-state index contributed by atoms with van der Waals surface area (Å²) in [4.78, 5) is 12.6. The van der Waals surface area contributed by atoms with Gasteiger partial charge in [0, 0.05) is 11.3 Å². The molecule has 0 spiro atoms. The van der Waals surface area contributed by atoms with Crippen LogP contribution in [0.2, 0.25) is 0 Å². The van der Waals surface area contributed by atoms with Crippen LogP contribution in [0, 0.1) is 13.8 Å². The number of carbonyl (C=O) groups is 1. The zero-order chi connectivity index (χ0) is 17.6. The third-order valence-corrected chi connectivity index (χ3v) is 4.06. The van der Waals surface area contributed by atoms with Gasteiger partial charge in [-0.05, 0) is 48.7 Å². The molecule has 3 aromatic rings. The van der Waals surface area contributed by atoms with E-state index < -0.39 is 0 Å². The molecule has 0 aromatic heterocycles. The van der Waals surface area contributed by atoms with Crippen LogP contribution >= 0.6 is 0 Å². The van der Waals surface area contributed by atoms with Gasteiger partial charge in [0.05, 0.1) is 0 Å². The van der Waals surface area contributed by atoms with E-state index in [1.807, 2.05) is 74.5 Å². The lowest BCUT2D eigenvalue weighted by atomic mass is 10.1. The fraction of sp³-hybridized carbons (Fsp3) is 0.136. The predicted molar refractivity (Wildman–Crippen MR) is 101 cm³/mol. The van der Waals surface area contributed by atoms with Crippen LogP contribution in [-0.4, -0.2) is 5.91 Å². The molecule has 0 unspecified atom stereocenters. The summed E-state index contributed by atoms with van der Waals surface area (Å²) in [5, 5.41) is 3.00. The van der Waals surface area contributed by atoms with Gasteiger partial charge >= 0.3 is 0 Å². The topological polar surface area (TPSA) is 38.3 Å². The van der Waals surface area contributed by atoms with Crippen LogP contribution in [-0.2, 0) is 6.61 Å². The Bertz CT molecular complexity index is 852. The molecule has 0 aliphatic rings. The minimum Gasteiger partial charge on any atom is -0.489 e. The first kappa shape index (κ1) is 16.8. The lowest BCUT2D eigenvalue weighted by molar-refractivity contribution is 0.102. The highest BCUT2D eigenvalue weighted by atomic mass is 16.5. The van der Waals surface area contributed by atoms with Gasteiger partial charge in [0.2, 0.25) is 0 Å². The highest BCUT2D eigenvalue weighted by Crippen LogP contribution is 2.21. The Morgan fingerprint density at radius 1 is 0.880 bits per heavy atom. The van der Waals surface area contributed by atoms with E-state index in [1.165, 1.54) is 0 Å². The molecule has 0 bridgehead atoms. The zero-order valence-electron chi connectivity index (χ0n) is 14.5. The van der Waals surface area contributed by atoms with Gasteiger partial charge < -0.3 is 10.1 Å². The molecule has 126 valence electrons. The summed E-state index contributed by atoms with van der Waals surface area (Å²) in [7, 11) is 0. The standard InChI is InChI=1S/C22H21NO2/c1-16-8-6-9-17(2)21(16)23-22(24)19-12-7-13-20(14-19)25-15-18-10-4-3-5-11-18/h3-14H,15H2,1-2H3,(H,23,24). The number of ether oxygens (including phenoxy) is 1. The Morgan fingerprint density at radius 3 is 2.28 bits per heavy atom. The Hall–Kier alpha value is -3.07.